The van der Waals surface area contributed by atoms with E-state index in [1.807, 2.05) is 13.8 Å². The molecule has 2 nitrogen and oxygen atoms in total. The molecule has 52 valence electrons. The Hall–Kier alpha value is 0.0774. The fourth-order valence-electron chi connectivity index (χ4n) is 0.552. The van der Waals surface area contributed by atoms with Crippen LogP contribution in [0.3, 0.4) is 0 Å². The van der Waals surface area contributed by atoms with Crippen LogP contribution in [0.4, 0.5) is 0 Å². The van der Waals surface area contributed by atoms with Crippen molar-refractivity contribution >= 4 is 17.7 Å². The van der Waals surface area contributed by atoms with Crippen LogP contribution in [0.25, 0.3) is 0 Å². The normalized spacial score (nSPS) is 9.30. The Morgan fingerprint density at radius 2 is 1.80 bits per heavy atom. The summed E-state index contributed by atoms with van der Waals surface area (Å²) in [5, 5.41) is 0. The molecule has 0 saturated carbocycles. The molecule has 0 aromatic carbocycles. The van der Waals surface area contributed by atoms with Crippen LogP contribution < -0.4 is 0 Å². The topological polar surface area (TPSA) is 18.5 Å². The summed E-state index contributed by atoms with van der Waals surface area (Å²) in [6.07, 6.45) is -0.333. The van der Waals surface area contributed by atoms with Crippen LogP contribution in [-0.2, 0) is 9.47 Å². The van der Waals surface area contributed by atoms with E-state index in [2.05, 4.69) is 10.5 Å². The van der Waals surface area contributed by atoms with Gasteiger partial charge in [0.1, 0.15) is 0 Å². The molecule has 0 aliphatic rings. The van der Waals surface area contributed by atoms with Crippen molar-refractivity contribution in [2.75, 3.05) is 13.2 Å². The first kappa shape index (κ1) is 10.1. The van der Waals surface area contributed by atoms with E-state index in [-0.39, 0.29) is 6.29 Å². The van der Waals surface area contributed by atoms with E-state index in [0.29, 0.717) is 13.2 Å². The molecule has 0 N–H and O–H groups in total. The molecule has 0 radical (unpaired) electrons. The molecule has 0 aliphatic carbocycles. The van der Waals surface area contributed by atoms with E-state index in [9.17, 15) is 0 Å². The summed E-state index contributed by atoms with van der Waals surface area (Å²) in [4.78, 5) is 0. The van der Waals surface area contributed by atoms with Gasteiger partial charge in [-0.05, 0) is 0 Å². The minimum atomic E-state index is -0.333. The van der Waals surface area contributed by atoms with Gasteiger partial charge < -0.3 is 0 Å². The Morgan fingerprint density at radius 3 is 2.10 bits per heavy atom. The summed E-state index contributed by atoms with van der Waals surface area (Å²) in [7, 11) is 0. The Kier molecular flexibility index (Phi) is 7.24. The van der Waals surface area contributed by atoms with Crippen molar-refractivity contribution in [1.82, 2.24) is 0 Å². The molecule has 0 fully saturated rings. The molecule has 0 aromatic heterocycles. The third-order valence-electron chi connectivity index (χ3n) is 0.898. The standard InChI is InChI=1S/C7H11O2.Li/c1-4-7(8-5-2)9-6-3;/h7H,5-6H2,2-3H3;. The van der Waals surface area contributed by atoms with Crippen molar-refractivity contribution in [1.29, 1.82) is 0 Å². The van der Waals surface area contributed by atoms with Gasteiger partial charge in [0.2, 0.25) is 0 Å². The van der Waals surface area contributed by atoms with E-state index in [1.54, 1.807) is 17.7 Å². The predicted molar refractivity (Wildman–Crippen MR) is 40.6 cm³/mol. The first-order chi connectivity index (χ1) is 4.85. The quantitative estimate of drug-likeness (QED) is 0.317. The Bertz CT molecular complexity index is 119. The van der Waals surface area contributed by atoms with E-state index >= 15 is 0 Å². The molecule has 0 atom stereocenters. The SMILES string of the molecule is [Li][C]#CC(OCC)OCC. The van der Waals surface area contributed by atoms with E-state index in [0.717, 1.165) is 0 Å². The first-order valence-corrected chi connectivity index (χ1v) is 3.50. The summed E-state index contributed by atoms with van der Waals surface area (Å²) >= 11 is 1.77. The number of hydrogen-bond donors (Lipinski definition) is 0. The minimum absolute atomic E-state index is 0.333. The van der Waals surface area contributed by atoms with Gasteiger partial charge in [0, 0.05) is 0 Å². The van der Waals surface area contributed by atoms with Crippen LogP contribution >= 0.6 is 0 Å². The van der Waals surface area contributed by atoms with Crippen LogP contribution in [0.1, 0.15) is 13.8 Å². The molecular formula is C7H11LiO2. The van der Waals surface area contributed by atoms with E-state index < -0.39 is 0 Å². The average molecular weight is 134 g/mol. The van der Waals surface area contributed by atoms with Crippen LogP contribution in [0.5, 0.6) is 0 Å². The van der Waals surface area contributed by atoms with Crippen LogP contribution in [-0.4, -0.2) is 37.2 Å². The van der Waals surface area contributed by atoms with Gasteiger partial charge in [-0.1, -0.05) is 0 Å². The molecule has 0 unspecified atom stereocenters. The molecule has 0 amide bonds. The molecular weight excluding hydrogens is 123 g/mol. The van der Waals surface area contributed by atoms with Crippen LogP contribution in [0.2, 0.25) is 0 Å². The fourth-order valence-corrected chi connectivity index (χ4v) is 0.552. The van der Waals surface area contributed by atoms with E-state index in [1.165, 1.54) is 0 Å². The molecule has 0 bridgehead atoms. The van der Waals surface area contributed by atoms with Crippen molar-refractivity contribution in [3.63, 3.8) is 0 Å². The monoisotopic (exact) mass is 134 g/mol. The van der Waals surface area contributed by atoms with Gasteiger partial charge in [-0.3, -0.25) is 0 Å². The van der Waals surface area contributed by atoms with Crippen molar-refractivity contribution in [3.8, 4) is 10.5 Å². The summed E-state index contributed by atoms with van der Waals surface area (Å²) in [5.41, 5.74) is 0. The Morgan fingerprint density at radius 1 is 1.30 bits per heavy atom. The van der Waals surface area contributed by atoms with Crippen molar-refractivity contribution in [2.45, 2.75) is 20.1 Å². The second kappa shape index (κ2) is 7.19. The van der Waals surface area contributed by atoms with Gasteiger partial charge in [0.05, 0.1) is 0 Å². The molecule has 0 aromatic rings. The predicted octanol–water partition coefficient (Wildman–Crippen LogP) is 0.515. The zero-order valence-electron chi connectivity index (χ0n) is 6.81. The van der Waals surface area contributed by atoms with Crippen molar-refractivity contribution in [3.05, 3.63) is 0 Å². The summed E-state index contributed by atoms with van der Waals surface area (Å²) in [5.74, 6) is 2.79. The molecule has 0 heterocycles. The van der Waals surface area contributed by atoms with Gasteiger partial charge in [0.15, 0.2) is 0 Å². The van der Waals surface area contributed by atoms with Gasteiger partial charge in [0.25, 0.3) is 0 Å². The molecule has 0 spiro atoms. The van der Waals surface area contributed by atoms with Crippen molar-refractivity contribution in [2.24, 2.45) is 0 Å². The van der Waals surface area contributed by atoms with Gasteiger partial charge in [-0.15, -0.1) is 0 Å². The third kappa shape index (κ3) is 4.91. The Labute approximate surface area is 71.5 Å². The second-order valence-electron chi connectivity index (χ2n) is 1.64. The third-order valence-corrected chi connectivity index (χ3v) is 0.898. The summed E-state index contributed by atoms with van der Waals surface area (Å²) in [6.45, 7) is 5.12. The average Bonchev–Trinajstić information content (AvgIpc) is 1.90. The molecule has 0 rings (SSSR count). The number of hydrogen-bond acceptors (Lipinski definition) is 2. The molecule has 0 saturated heterocycles. The number of rotatable bonds is 4. The van der Waals surface area contributed by atoms with Crippen LogP contribution in [0.15, 0.2) is 0 Å². The van der Waals surface area contributed by atoms with Crippen LogP contribution in [0, 0.1) is 10.5 Å². The maximum atomic E-state index is 5.13. The van der Waals surface area contributed by atoms with Gasteiger partial charge in [-0.2, -0.15) is 0 Å². The molecule has 0 aliphatic heterocycles. The van der Waals surface area contributed by atoms with Gasteiger partial charge >= 0.3 is 71.1 Å². The summed E-state index contributed by atoms with van der Waals surface area (Å²) in [6, 6.07) is 0. The Balaban J connectivity index is 3.57. The van der Waals surface area contributed by atoms with Gasteiger partial charge in [-0.25, -0.2) is 0 Å². The molecule has 3 heteroatoms. The zero-order chi connectivity index (χ0) is 7.82. The summed E-state index contributed by atoms with van der Waals surface area (Å²) < 4.78 is 13.0. The first-order valence-electron chi connectivity index (χ1n) is 3.50. The van der Waals surface area contributed by atoms with E-state index in [4.69, 9.17) is 9.47 Å². The van der Waals surface area contributed by atoms with Crippen molar-refractivity contribution < 1.29 is 9.47 Å². The maximum absolute atomic E-state index is 5.13. The number of ether oxygens (including phenoxy) is 2. The zero-order valence-corrected chi connectivity index (χ0v) is 6.81. The fraction of sp³-hybridized carbons (Fsp3) is 0.714. The second-order valence-corrected chi connectivity index (χ2v) is 1.64. The molecule has 10 heavy (non-hydrogen) atoms.